The standard InChI is InChI=1S/C14H20N2O3S/c1-3-5-10(13(17)18)9-15-14(19)16-11-6-4-7-12(8-11)20-2/h4,6-8,10H,3,5,9H2,1-2H3,(H,17,18)(H2,15,16,19). The minimum absolute atomic E-state index is 0.136. The Morgan fingerprint density at radius 1 is 1.40 bits per heavy atom. The zero-order valence-corrected chi connectivity index (χ0v) is 12.5. The Morgan fingerprint density at radius 2 is 2.15 bits per heavy atom. The number of aliphatic carboxylic acids is 1. The molecule has 1 rings (SSSR count). The van der Waals surface area contributed by atoms with E-state index in [1.54, 1.807) is 17.8 Å². The maximum Gasteiger partial charge on any atom is 0.319 e. The first-order chi connectivity index (χ1) is 9.56. The third-order valence-electron chi connectivity index (χ3n) is 2.82. The van der Waals surface area contributed by atoms with Crippen LogP contribution < -0.4 is 10.6 Å². The summed E-state index contributed by atoms with van der Waals surface area (Å²) < 4.78 is 0. The monoisotopic (exact) mass is 296 g/mol. The number of nitrogens with one attached hydrogen (secondary N) is 2. The second kappa shape index (κ2) is 8.47. The average molecular weight is 296 g/mol. The molecular weight excluding hydrogens is 276 g/mol. The van der Waals surface area contributed by atoms with Gasteiger partial charge >= 0.3 is 12.0 Å². The molecule has 0 saturated carbocycles. The highest BCUT2D eigenvalue weighted by molar-refractivity contribution is 7.98. The number of hydrogen-bond donors (Lipinski definition) is 3. The summed E-state index contributed by atoms with van der Waals surface area (Å²) in [6.07, 6.45) is 3.29. The maximum atomic E-state index is 11.7. The molecule has 0 aromatic heterocycles. The van der Waals surface area contributed by atoms with E-state index in [2.05, 4.69) is 10.6 Å². The fraction of sp³-hybridized carbons (Fsp3) is 0.429. The number of benzene rings is 1. The van der Waals surface area contributed by atoms with E-state index in [0.29, 0.717) is 12.1 Å². The SMILES string of the molecule is CCCC(CNC(=O)Nc1cccc(SC)c1)C(=O)O. The largest absolute Gasteiger partial charge is 0.481 e. The lowest BCUT2D eigenvalue weighted by atomic mass is 10.0. The Kier molecular flexibility index (Phi) is 6.93. The average Bonchev–Trinajstić information content (AvgIpc) is 2.43. The summed E-state index contributed by atoms with van der Waals surface area (Å²) in [5.74, 6) is -1.42. The van der Waals surface area contributed by atoms with Crippen molar-refractivity contribution in [2.45, 2.75) is 24.7 Å². The number of carboxylic acid groups (broad SMARTS) is 1. The van der Waals surface area contributed by atoms with Crippen molar-refractivity contribution < 1.29 is 14.7 Å². The molecule has 1 aromatic carbocycles. The quantitative estimate of drug-likeness (QED) is 0.676. The van der Waals surface area contributed by atoms with E-state index in [9.17, 15) is 9.59 Å². The van der Waals surface area contributed by atoms with Gasteiger partial charge in [0.2, 0.25) is 0 Å². The predicted octanol–water partition coefficient (Wildman–Crippen LogP) is 3.03. The number of hydrogen-bond acceptors (Lipinski definition) is 3. The van der Waals surface area contributed by atoms with Gasteiger partial charge in [-0.1, -0.05) is 19.4 Å². The smallest absolute Gasteiger partial charge is 0.319 e. The first-order valence-electron chi connectivity index (χ1n) is 6.48. The van der Waals surface area contributed by atoms with Crippen LogP contribution >= 0.6 is 11.8 Å². The van der Waals surface area contributed by atoms with Gasteiger partial charge in [0.05, 0.1) is 5.92 Å². The molecule has 110 valence electrons. The molecule has 0 bridgehead atoms. The first-order valence-corrected chi connectivity index (χ1v) is 7.71. The second-order valence-electron chi connectivity index (χ2n) is 4.39. The van der Waals surface area contributed by atoms with Gasteiger partial charge in [-0.3, -0.25) is 4.79 Å². The number of thioether (sulfide) groups is 1. The minimum Gasteiger partial charge on any atom is -0.481 e. The van der Waals surface area contributed by atoms with Gasteiger partial charge in [0.15, 0.2) is 0 Å². The molecule has 6 heteroatoms. The summed E-state index contributed by atoms with van der Waals surface area (Å²) in [6.45, 7) is 2.06. The number of carbonyl (C=O) groups excluding carboxylic acids is 1. The van der Waals surface area contributed by atoms with Gasteiger partial charge in [-0.25, -0.2) is 4.79 Å². The van der Waals surface area contributed by atoms with Gasteiger partial charge in [0, 0.05) is 17.1 Å². The second-order valence-corrected chi connectivity index (χ2v) is 5.27. The van der Waals surface area contributed by atoms with Crippen LogP contribution in [0.2, 0.25) is 0 Å². The lowest BCUT2D eigenvalue weighted by molar-refractivity contribution is -0.141. The molecule has 0 aliphatic rings. The van der Waals surface area contributed by atoms with Gasteiger partial charge in [0.1, 0.15) is 0 Å². The molecule has 0 aliphatic carbocycles. The Labute approximate surface area is 123 Å². The molecule has 20 heavy (non-hydrogen) atoms. The van der Waals surface area contributed by atoms with E-state index in [0.717, 1.165) is 11.3 Å². The third-order valence-corrected chi connectivity index (χ3v) is 3.55. The van der Waals surface area contributed by atoms with Crippen molar-refractivity contribution in [3.05, 3.63) is 24.3 Å². The normalized spacial score (nSPS) is 11.7. The number of carbonyl (C=O) groups is 2. The Balaban J connectivity index is 2.48. The molecule has 0 radical (unpaired) electrons. The molecule has 1 aromatic rings. The summed E-state index contributed by atoms with van der Waals surface area (Å²) in [6, 6.07) is 7.09. The summed E-state index contributed by atoms with van der Waals surface area (Å²) in [7, 11) is 0. The highest BCUT2D eigenvalue weighted by Crippen LogP contribution is 2.18. The van der Waals surface area contributed by atoms with Crippen LogP contribution in [0.5, 0.6) is 0 Å². The number of rotatable bonds is 7. The maximum absolute atomic E-state index is 11.7. The van der Waals surface area contributed by atoms with Crippen molar-refractivity contribution in [3.63, 3.8) is 0 Å². The van der Waals surface area contributed by atoms with Crippen LogP contribution in [-0.4, -0.2) is 29.9 Å². The van der Waals surface area contributed by atoms with Crippen LogP contribution in [0.1, 0.15) is 19.8 Å². The van der Waals surface area contributed by atoms with E-state index < -0.39 is 11.9 Å². The lowest BCUT2D eigenvalue weighted by Gasteiger charge is -2.13. The van der Waals surface area contributed by atoms with Crippen molar-refractivity contribution >= 4 is 29.4 Å². The molecule has 0 saturated heterocycles. The van der Waals surface area contributed by atoms with Crippen LogP contribution in [0.15, 0.2) is 29.2 Å². The summed E-state index contributed by atoms with van der Waals surface area (Å²) in [5, 5.41) is 14.3. The summed E-state index contributed by atoms with van der Waals surface area (Å²) in [4.78, 5) is 23.7. The molecular formula is C14H20N2O3S. The van der Waals surface area contributed by atoms with Crippen molar-refractivity contribution in [2.75, 3.05) is 18.1 Å². The van der Waals surface area contributed by atoms with Crippen LogP contribution in [0, 0.1) is 5.92 Å². The molecule has 0 spiro atoms. The number of anilines is 1. The van der Waals surface area contributed by atoms with Gasteiger partial charge in [-0.2, -0.15) is 0 Å². The summed E-state index contributed by atoms with van der Waals surface area (Å²) >= 11 is 1.59. The molecule has 3 N–H and O–H groups in total. The fourth-order valence-corrected chi connectivity index (χ4v) is 2.21. The highest BCUT2D eigenvalue weighted by atomic mass is 32.2. The minimum atomic E-state index is -0.878. The Hall–Kier alpha value is -1.69. The van der Waals surface area contributed by atoms with Crippen molar-refractivity contribution in [3.8, 4) is 0 Å². The molecule has 0 fully saturated rings. The van der Waals surface area contributed by atoms with E-state index in [-0.39, 0.29) is 12.6 Å². The van der Waals surface area contributed by atoms with Gasteiger partial charge in [-0.15, -0.1) is 11.8 Å². The zero-order chi connectivity index (χ0) is 15.0. The number of carboxylic acids is 1. The third kappa shape index (κ3) is 5.52. The molecule has 5 nitrogen and oxygen atoms in total. The van der Waals surface area contributed by atoms with Gasteiger partial charge in [-0.05, 0) is 30.9 Å². The van der Waals surface area contributed by atoms with Gasteiger partial charge in [0.25, 0.3) is 0 Å². The van der Waals surface area contributed by atoms with Gasteiger partial charge < -0.3 is 15.7 Å². The van der Waals surface area contributed by atoms with E-state index >= 15 is 0 Å². The molecule has 1 unspecified atom stereocenters. The highest BCUT2D eigenvalue weighted by Gasteiger charge is 2.17. The van der Waals surface area contributed by atoms with Crippen LogP contribution in [0.4, 0.5) is 10.5 Å². The van der Waals surface area contributed by atoms with Crippen LogP contribution in [0.3, 0.4) is 0 Å². The summed E-state index contributed by atoms with van der Waals surface area (Å²) in [5.41, 5.74) is 0.691. The zero-order valence-electron chi connectivity index (χ0n) is 11.7. The lowest BCUT2D eigenvalue weighted by Crippen LogP contribution is -2.35. The van der Waals surface area contributed by atoms with Crippen LogP contribution in [0.25, 0.3) is 0 Å². The number of amides is 2. The van der Waals surface area contributed by atoms with E-state index in [1.165, 1.54) is 0 Å². The molecule has 1 atom stereocenters. The van der Waals surface area contributed by atoms with Crippen molar-refractivity contribution in [2.24, 2.45) is 5.92 Å². The van der Waals surface area contributed by atoms with E-state index in [1.807, 2.05) is 31.4 Å². The molecule has 0 heterocycles. The first kappa shape index (κ1) is 16.4. The number of urea groups is 1. The predicted molar refractivity (Wildman–Crippen MR) is 81.3 cm³/mol. The fourth-order valence-electron chi connectivity index (χ4n) is 1.75. The Bertz CT molecular complexity index is 465. The Morgan fingerprint density at radius 3 is 2.75 bits per heavy atom. The topological polar surface area (TPSA) is 78.4 Å². The van der Waals surface area contributed by atoms with Crippen molar-refractivity contribution in [1.82, 2.24) is 5.32 Å². The van der Waals surface area contributed by atoms with Crippen molar-refractivity contribution in [1.29, 1.82) is 0 Å². The van der Waals surface area contributed by atoms with Crippen LogP contribution in [-0.2, 0) is 4.79 Å². The molecule has 0 aliphatic heterocycles. The molecule has 2 amide bonds. The van der Waals surface area contributed by atoms with E-state index in [4.69, 9.17) is 5.11 Å².